The molecule has 0 bridgehead atoms. The van der Waals surface area contributed by atoms with Gasteiger partial charge in [-0.1, -0.05) is 37.3 Å². The van der Waals surface area contributed by atoms with E-state index < -0.39 is 5.97 Å². The van der Waals surface area contributed by atoms with Crippen LogP contribution in [-0.4, -0.2) is 20.5 Å². The van der Waals surface area contributed by atoms with Gasteiger partial charge in [0.15, 0.2) is 0 Å². The Morgan fingerprint density at radius 3 is 2.50 bits per heavy atom. The Balaban J connectivity index is 1.86. The largest absolute Gasteiger partial charge is 0.477 e. The second kappa shape index (κ2) is 6.02. The number of fused-ring (bicyclic) bond motifs is 1. The zero-order valence-electron chi connectivity index (χ0n) is 12.5. The average molecular weight is 294 g/mol. The van der Waals surface area contributed by atoms with E-state index in [1.54, 1.807) is 16.8 Å². The van der Waals surface area contributed by atoms with Gasteiger partial charge in [0.05, 0.1) is 0 Å². The molecule has 22 heavy (non-hydrogen) atoms. The summed E-state index contributed by atoms with van der Waals surface area (Å²) in [5.41, 5.74) is 4.33. The molecule has 1 aromatic carbocycles. The molecule has 0 spiro atoms. The van der Waals surface area contributed by atoms with E-state index in [9.17, 15) is 9.90 Å². The van der Waals surface area contributed by atoms with Crippen LogP contribution in [0.25, 0.3) is 5.65 Å². The van der Waals surface area contributed by atoms with Gasteiger partial charge in [0.1, 0.15) is 11.3 Å². The summed E-state index contributed by atoms with van der Waals surface area (Å²) in [4.78, 5) is 15.7. The Bertz CT molecular complexity index is 804. The molecule has 0 fully saturated rings. The monoisotopic (exact) mass is 294 g/mol. The van der Waals surface area contributed by atoms with Gasteiger partial charge in [0, 0.05) is 12.4 Å². The number of rotatable bonds is 5. The fourth-order valence-electron chi connectivity index (χ4n) is 2.70. The lowest BCUT2D eigenvalue weighted by Gasteiger charge is -2.09. The van der Waals surface area contributed by atoms with Crippen molar-refractivity contribution in [2.75, 3.05) is 0 Å². The van der Waals surface area contributed by atoms with E-state index in [-0.39, 0.29) is 0 Å². The third-order valence-corrected chi connectivity index (χ3v) is 3.96. The van der Waals surface area contributed by atoms with Gasteiger partial charge in [-0.25, -0.2) is 9.78 Å². The first-order chi connectivity index (χ1) is 10.7. The topological polar surface area (TPSA) is 54.6 Å². The van der Waals surface area contributed by atoms with Crippen LogP contribution in [0.15, 0.2) is 48.8 Å². The molecule has 2 heterocycles. The van der Waals surface area contributed by atoms with Crippen molar-refractivity contribution >= 4 is 11.6 Å². The van der Waals surface area contributed by atoms with Crippen LogP contribution in [0.1, 0.15) is 34.1 Å². The summed E-state index contributed by atoms with van der Waals surface area (Å²) in [5, 5.41) is 9.50. The molecular formula is C18H18N2O2. The van der Waals surface area contributed by atoms with Crippen LogP contribution in [0.2, 0.25) is 0 Å². The summed E-state index contributed by atoms with van der Waals surface area (Å²) >= 11 is 0. The minimum absolute atomic E-state index is 0.306. The van der Waals surface area contributed by atoms with Gasteiger partial charge in [0.25, 0.3) is 0 Å². The van der Waals surface area contributed by atoms with Crippen LogP contribution in [-0.2, 0) is 19.3 Å². The maximum atomic E-state index is 11.6. The molecular weight excluding hydrogens is 276 g/mol. The van der Waals surface area contributed by atoms with E-state index in [0.717, 1.165) is 18.4 Å². The van der Waals surface area contributed by atoms with Crippen LogP contribution in [0.3, 0.4) is 0 Å². The fraction of sp³-hybridized carbons (Fsp3) is 0.222. The maximum Gasteiger partial charge on any atom is 0.353 e. The second-order valence-electron chi connectivity index (χ2n) is 5.34. The Kier molecular flexibility index (Phi) is 3.92. The SMILES string of the molecule is CCc1ccc(CCc2ccc3nccn3c2C(=O)O)cc1. The van der Waals surface area contributed by atoms with Crippen LogP contribution in [0.5, 0.6) is 0 Å². The Labute approximate surface area is 129 Å². The van der Waals surface area contributed by atoms with Crippen molar-refractivity contribution in [1.82, 2.24) is 9.38 Å². The number of aryl methyl sites for hydroxylation is 3. The summed E-state index contributed by atoms with van der Waals surface area (Å²) in [6, 6.07) is 12.2. The van der Waals surface area contributed by atoms with Crippen molar-refractivity contribution in [3.63, 3.8) is 0 Å². The van der Waals surface area contributed by atoms with Crippen molar-refractivity contribution in [3.05, 3.63) is 71.2 Å². The van der Waals surface area contributed by atoms with Crippen LogP contribution in [0, 0.1) is 0 Å². The molecule has 0 radical (unpaired) electrons. The van der Waals surface area contributed by atoms with E-state index in [1.165, 1.54) is 11.1 Å². The molecule has 0 aliphatic carbocycles. The number of aromatic carboxylic acids is 1. The lowest BCUT2D eigenvalue weighted by atomic mass is 10.0. The summed E-state index contributed by atoms with van der Waals surface area (Å²) in [5.74, 6) is -0.917. The van der Waals surface area contributed by atoms with Crippen molar-refractivity contribution < 1.29 is 9.90 Å². The highest BCUT2D eigenvalue weighted by atomic mass is 16.4. The van der Waals surface area contributed by atoms with Crippen molar-refractivity contribution in [3.8, 4) is 0 Å². The van der Waals surface area contributed by atoms with Crippen molar-refractivity contribution in [2.45, 2.75) is 26.2 Å². The maximum absolute atomic E-state index is 11.6. The molecule has 3 aromatic rings. The van der Waals surface area contributed by atoms with Gasteiger partial charge in [-0.2, -0.15) is 0 Å². The molecule has 0 saturated carbocycles. The Hall–Kier alpha value is -2.62. The highest BCUT2D eigenvalue weighted by Crippen LogP contribution is 2.16. The molecule has 0 aliphatic heterocycles. The first-order valence-electron chi connectivity index (χ1n) is 7.45. The van der Waals surface area contributed by atoms with E-state index in [0.29, 0.717) is 17.8 Å². The van der Waals surface area contributed by atoms with Crippen LogP contribution in [0.4, 0.5) is 0 Å². The molecule has 0 aliphatic rings. The first-order valence-corrected chi connectivity index (χ1v) is 7.45. The Morgan fingerprint density at radius 1 is 1.09 bits per heavy atom. The highest BCUT2D eigenvalue weighted by molar-refractivity contribution is 5.88. The smallest absolute Gasteiger partial charge is 0.353 e. The van der Waals surface area contributed by atoms with E-state index in [2.05, 4.69) is 36.2 Å². The number of hydrogen-bond donors (Lipinski definition) is 1. The summed E-state index contributed by atoms with van der Waals surface area (Å²) in [7, 11) is 0. The molecule has 4 nitrogen and oxygen atoms in total. The normalized spacial score (nSPS) is 11.0. The van der Waals surface area contributed by atoms with Gasteiger partial charge >= 0.3 is 5.97 Å². The summed E-state index contributed by atoms with van der Waals surface area (Å²) in [6.07, 6.45) is 5.86. The number of carboxylic acid groups (broad SMARTS) is 1. The third-order valence-electron chi connectivity index (χ3n) is 3.96. The molecule has 0 amide bonds. The predicted octanol–water partition coefficient (Wildman–Crippen LogP) is 3.38. The fourth-order valence-corrected chi connectivity index (χ4v) is 2.70. The van der Waals surface area contributed by atoms with Gasteiger partial charge in [-0.05, 0) is 42.0 Å². The molecule has 2 aromatic heterocycles. The standard InChI is InChI=1S/C18H18N2O2/c1-2-13-3-5-14(6-4-13)7-8-15-9-10-16-19-11-12-20(16)17(15)18(21)22/h3-6,9-12H,2,7-8H2,1H3,(H,21,22). The number of aromatic nitrogens is 2. The molecule has 0 unspecified atom stereocenters. The average Bonchev–Trinajstić information content (AvgIpc) is 3.00. The third kappa shape index (κ3) is 2.72. The van der Waals surface area contributed by atoms with Gasteiger partial charge < -0.3 is 5.11 Å². The van der Waals surface area contributed by atoms with E-state index in [1.807, 2.05) is 12.1 Å². The second-order valence-corrected chi connectivity index (χ2v) is 5.34. The molecule has 0 saturated heterocycles. The number of nitrogens with zero attached hydrogens (tertiary/aromatic N) is 2. The molecule has 112 valence electrons. The molecule has 1 N–H and O–H groups in total. The zero-order valence-corrected chi connectivity index (χ0v) is 12.5. The lowest BCUT2D eigenvalue weighted by molar-refractivity contribution is 0.0687. The summed E-state index contributed by atoms with van der Waals surface area (Å²) in [6.45, 7) is 2.13. The minimum atomic E-state index is -0.917. The van der Waals surface area contributed by atoms with E-state index in [4.69, 9.17) is 0 Å². The van der Waals surface area contributed by atoms with Gasteiger partial charge in [0.2, 0.25) is 0 Å². The molecule has 4 heteroatoms. The number of hydrogen-bond acceptors (Lipinski definition) is 2. The number of pyridine rings is 1. The minimum Gasteiger partial charge on any atom is -0.477 e. The van der Waals surface area contributed by atoms with Gasteiger partial charge in [-0.3, -0.25) is 4.40 Å². The lowest BCUT2D eigenvalue weighted by Crippen LogP contribution is -2.10. The number of benzene rings is 1. The van der Waals surface area contributed by atoms with Crippen LogP contribution >= 0.6 is 0 Å². The zero-order chi connectivity index (χ0) is 15.5. The number of imidazole rings is 1. The number of carbonyl (C=O) groups is 1. The highest BCUT2D eigenvalue weighted by Gasteiger charge is 2.14. The number of carboxylic acids is 1. The van der Waals surface area contributed by atoms with E-state index >= 15 is 0 Å². The van der Waals surface area contributed by atoms with Gasteiger partial charge in [-0.15, -0.1) is 0 Å². The molecule has 0 atom stereocenters. The van der Waals surface area contributed by atoms with Crippen LogP contribution < -0.4 is 0 Å². The predicted molar refractivity (Wildman–Crippen MR) is 85.4 cm³/mol. The van der Waals surface area contributed by atoms with Crippen molar-refractivity contribution in [2.24, 2.45) is 0 Å². The summed E-state index contributed by atoms with van der Waals surface area (Å²) < 4.78 is 1.64. The first kappa shape index (κ1) is 14.3. The van der Waals surface area contributed by atoms with Crippen molar-refractivity contribution in [1.29, 1.82) is 0 Å². The Morgan fingerprint density at radius 2 is 1.82 bits per heavy atom. The quantitative estimate of drug-likeness (QED) is 0.785. The molecule has 3 rings (SSSR count).